The third-order valence-electron chi connectivity index (χ3n) is 6.72. The Balaban J connectivity index is 1.70. The van der Waals surface area contributed by atoms with Gasteiger partial charge in [0.2, 0.25) is 5.91 Å². The zero-order valence-corrected chi connectivity index (χ0v) is 20.8. The molecule has 3 rings (SSSR count). The molecule has 0 heterocycles. The lowest BCUT2D eigenvalue weighted by molar-refractivity contribution is -0.122. The first-order valence-electron chi connectivity index (χ1n) is 11.8. The first-order chi connectivity index (χ1) is 15.3. The molecule has 1 aliphatic carbocycles. The normalized spacial score (nSPS) is 20.8. The van der Waals surface area contributed by atoms with Crippen molar-refractivity contribution in [3.05, 3.63) is 60.7 Å². The van der Waals surface area contributed by atoms with Crippen molar-refractivity contribution in [3.8, 4) is 0 Å². The molecule has 2 aromatic rings. The zero-order chi connectivity index (χ0) is 23.1. The summed E-state index contributed by atoms with van der Waals surface area (Å²) in [6, 6.07) is 21.9. The first-order valence-corrected chi connectivity index (χ1v) is 13.2. The van der Waals surface area contributed by atoms with Crippen LogP contribution in [0.1, 0.15) is 47.0 Å². The van der Waals surface area contributed by atoms with Gasteiger partial charge in [-0.25, -0.2) is 0 Å². The molecule has 2 aromatic carbocycles. The van der Waals surface area contributed by atoms with Crippen molar-refractivity contribution in [2.45, 2.75) is 64.7 Å². The topological polar surface area (TPSA) is 61.4 Å². The number of aliphatic hydroxyl groups excluding tert-OH is 1. The maximum Gasteiger partial charge on any atom is 0.234 e. The van der Waals surface area contributed by atoms with Crippen LogP contribution in [0.25, 0.3) is 0 Å². The van der Waals surface area contributed by atoms with E-state index >= 15 is 0 Å². The number of hydrogen-bond donors (Lipinski definition) is 3. The Kier molecular flexibility index (Phi) is 8.87. The third kappa shape index (κ3) is 6.41. The molecule has 1 fully saturated rings. The molecule has 4 atom stereocenters. The predicted octanol–water partition coefficient (Wildman–Crippen LogP) is 3.79. The molecule has 174 valence electrons. The van der Waals surface area contributed by atoms with E-state index in [0.717, 1.165) is 0 Å². The maximum absolute atomic E-state index is 12.6. The van der Waals surface area contributed by atoms with Gasteiger partial charge >= 0.3 is 0 Å². The quantitative estimate of drug-likeness (QED) is 0.505. The first kappa shape index (κ1) is 24.9. The highest BCUT2D eigenvalue weighted by molar-refractivity contribution is 7.73. The minimum absolute atomic E-state index is 0.0474. The highest BCUT2D eigenvalue weighted by atomic mass is 31.1. The number of carbonyl (C=O) groups excluding carboxylic acids is 1. The van der Waals surface area contributed by atoms with Gasteiger partial charge in [-0.15, -0.1) is 0 Å². The molecule has 1 unspecified atom stereocenters. The van der Waals surface area contributed by atoms with E-state index in [0.29, 0.717) is 11.6 Å². The van der Waals surface area contributed by atoms with Crippen LogP contribution < -0.4 is 21.2 Å². The Morgan fingerprint density at radius 1 is 1.03 bits per heavy atom. The number of nitrogens with one attached hydrogen (secondary N) is 2. The van der Waals surface area contributed by atoms with E-state index in [2.05, 4.69) is 78.2 Å². The fourth-order valence-corrected chi connectivity index (χ4v) is 8.05. The molecule has 0 radical (unpaired) electrons. The smallest absolute Gasteiger partial charge is 0.234 e. The molecule has 1 amide bonds. The predicted molar refractivity (Wildman–Crippen MR) is 136 cm³/mol. The van der Waals surface area contributed by atoms with Crippen LogP contribution >= 0.6 is 7.92 Å². The van der Waals surface area contributed by atoms with Crippen molar-refractivity contribution in [2.24, 2.45) is 11.3 Å². The number of hydrogen-bond acceptors (Lipinski definition) is 3. The number of rotatable bonds is 9. The Labute approximate surface area is 195 Å². The largest absolute Gasteiger partial charge is 0.394 e. The van der Waals surface area contributed by atoms with Crippen LogP contribution in [0, 0.1) is 11.3 Å². The SMILES string of the molecule is C[C@H](NCC(=O)N[C@H](CO)C(C)(C)C)C1CCC[C@H]1P(c1ccccc1)c1ccccc1. The van der Waals surface area contributed by atoms with E-state index in [1.165, 1.54) is 29.9 Å². The number of amides is 1. The minimum atomic E-state index is -0.455. The van der Waals surface area contributed by atoms with Gasteiger partial charge in [-0.3, -0.25) is 4.79 Å². The fraction of sp³-hybridized carbons (Fsp3) is 0.519. The summed E-state index contributed by atoms with van der Waals surface area (Å²) in [5.41, 5.74) is 0.424. The van der Waals surface area contributed by atoms with Crippen LogP contribution in [0.4, 0.5) is 0 Å². The summed E-state index contributed by atoms with van der Waals surface area (Å²) < 4.78 is 0. The molecule has 3 N–H and O–H groups in total. The van der Waals surface area contributed by atoms with Crippen LogP contribution in [-0.2, 0) is 4.79 Å². The molecule has 32 heavy (non-hydrogen) atoms. The number of benzene rings is 2. The lowest BCUT2D eigenvalue weighted by Crippen LogP contribution is -2.50. The summed E-state index contributed by atoms with van der Waals surface area (Å²) in [6.07, 6.45) is 3.66. The van der Waals surface area contributed by atoms with Gasteiger partial charge in [-0.1, -0.05) is 87.9 Å². The Bertz CT molecular complexity index is 798. The van der Waals surface area contributed by atoms with Crippen LogP contribution in [0.3, 0.4) is 0 Å². The van der Waals surface area contributed by atoms with Gasteiger partial charge in [0.05, 0.1) is 19.2 Å². The average Bonchev–Trinajstić information content (AvgIpc) is 3.26. The Hall–Kier alpha value is -1.74. The van der Waals surface area contributed by atoms with Crippen molar-refractivity contribution in [3.63, 3.8) is 0 Å². The van der Waals surface area contributed by atoms with Crippen molar-refractivity contribution < 1.29 is 9.90 Å². The van der Waals surface area contributed by atoms with Crippen LogP contribution in [0.15, 0.2) is 60.7 Å². The van der Waals surface area contributed by atoms with Crippen molar-refractivity contribution in [2.75, 3.05) is 13.2 Å². The summed E-state index contributed by atoms with van der Waals surface area (Å²) >= 11 is 0. The van der Waals surface area contributed by atoms with Gasteiger partial charge in [0.1, 0.15) is 0 Å². The summed E-state index contributed by atoms with van der Waals surface area (Å²) in [6.45, 7) is 8.56. The van der Waals surface area contributed by atoms with Crippen molar-refractivity contribution in [1.29, 1.82) is 0 Å². The fourth-order valence-electron chi connectivity index (χ4n) is 4.77. The molecule has 0 aliphatic heterocycles. The molecule has 4 nitrogen and oxygen atoms in total. The molecular weight excluding hydrogens is 415 g/mol. The van der Waals surface area contributed by atoms with Crippen molar-refractivity contribution in [1.82, 2.24) is 10.6 Å². The monoisotopic (exact) mass is 454 g/mol. The van der Waals surface area contributed by atoms with E-state index in [1.807, 2.05) is 20.8 Å². The molecule has 1 aliphatic rings. The molecule has 0 aromatic heterocycles. The lowest BCUT2D eigenvalue weighted by Gasteiger charge is -2.34. The van der Waals surface area contributed by atoms with E-state index in [1.54, 1.807) is 0 Å². The number of aliphatic hydroxyl groups is 1. The highest BCUT2D eigenvalue weighted by Crippen LogP contribution is 2.50. The molecule has 0 spiro atoms. The highest BCUT2D eigenvalue weighted by Gasteiger charge is 2.38. The molecular formula is C27H39N2O2P. The second kappa shape index (κ2) is 11.4. The van der Waals surface area contributed by atoms with Crippen LogP contribution in [0.5, 0.6) is 0 Å². The second-order valence-electron chi connectivity index (χ2n) is 10.0. The second-order valence-corrected chi connectivity index (χ2v) is 12.5. The van der Waals surface area contributed by atoms with Gasteiger partial charge in [-0.2, -0.15) is 0 Å². The molecule has 1 saturated carbocycles. The third-order valence-corrected chi connectivity index (χ3v) is 9.74. The summed E-state index contributed by atoms with van der Waals surface area (Å²) in [4.78, 5) is 12.6. The number of carbonyl (C=O) groups is 1. The van der Waals surface area contributed by atoms with E-state index in [-0.39, 0.29) is 36.6 Å². The molecule has 5 heteroatoms. The van der Waals surface area contributed by atoms with Gasteiger partial charge in [-0.05, 0) is 55.3 Å². The summed E-state index contributed by atoms with van der Waals surface area (Å²) in [7, 11) is -0.455. The van der Waals surface area contributed by atoms with E-state index < -0.39 is 7.92 Å². The van der Waals surface area contributed by atoms with Crippen molar-refractivity contribution >= 4 is 24.4 Å². The summed E-state index contributed by atoms with van der Waals surface area (Å²) in [5, 5.41) is 19.0. The van der Waals surface area contributed by atoms with Crippen LogP contribution in [0.2, 0.25) is 0 Å². The van der Waals surface area contributed by atoms with Gasteiger partial charge in [0, 0.05) is 6.04 Å². The Morgan fingerprint density at radius 3 is 2.09 bits per heavy atom. The molecule has 0 saturated heterocycles. The average molecular weight is 455 g/mol. The minimum Gasteiger partial charge on any atom is -0.394 e. The molecule has 0 bridgehead atoms. The maximum atomic E-state index is 12.6. The van der Waals surface area contributed by atoms with Gasteiger partial charge < -0.3 is 15.7 Å². The Morgan fingerprint density at radius 2 is 1.59 bits per heavy atom. The van der Waals surface area contributed by atoms with E-state index in [9.17, 15) is 9.90 Å². The summed E-state index contributed by atoms with van der Waals surface area (Å²) in [5.74, 6) is 0.485. The standard InChI is InChI=1S/C27H39N2O2P/c1-20(28-18-26(31)29-25(19-30)27(2,3)4)23-16-11-17-24(23)32(21-12-7-5-8-13-21)22-14-9-6-10-15-22/h5-10,12-15,20,23-25,28,30H,11,16-19H2,1-4H3,(H,29,31)/t20-,23?,24+,25+/m0/s1. The lowest BCUT2D eigenvalue weighted by atomic mass is 9.87. The van der Waals surface area contributed by atoms with Crippen LogP contribution in [-0.4, -0.2) is 41.9 Å². The van der Waals surface area contributed by atoms with E-state index in [4.69, 9.17) is 0 Å². The van der Waals surface area contributed by atoms with Gasteiger partial charge in [0.25, 0.3) is 0 Å². The zero-order valence-electron chi connectivity index (χ0n) is 19.9. The van der Waals surface area contributed by atoms with Gasteiger partial charge in [0.15, 0.2) is 0 Å².